The second-order valence-electron chi connectivity index (χ2n) is 9.62. The van der Waals surface area contributed by atoms with Gasteiger partial charge in [-0.15, -0.1) is 10.2 Å². The predicted octanol–water partition coefficient (Wildman–Crippen LogP) is 2.71. The summed E-state index contributed by atoms with van der Waals surface area (Å²) < 4.78 is 17.1. The highest BCUT2D eigenvalue weighted by atomic mass is 19.1. The summed E-state index contributed by atoms with van der Waals surface area (Å²) in [6.45, 7) is 2.53. The summed E-state index contributed by atoms with van der Waals surface area (Å²) in [5, 5.41) is 33.6. The SMILES string of the molecule is N=C(N)N1CC=C(c2ccc(-c3nnc(-c4ccc(C5=CCN(C(=N)N)CC5)cc4F)n3CCO)cc2)CC1. The van der Waals surface area contributed by atoms with E-state index in [0.717, 1.165) is 28.7 Å². The standard InChI is InChI=1S/C28H32FN9O/c29-24-17-22(20-9-13-37(14-10-20)28(32)33)5-6-23(24)26-35-34-25(38(26)15-16-39)21-3-1-18(2-4-21)19-7-11-36(12-8-19)27(30)31/h1-7,9,17,39H,8,10-16H2,(H3,30,31)(H3,32,33). The molecular weight excluding hydrogens is 497 g/mol. The Hall–Kier alpha value is -4.51. The van der Waals surface area contributed by atoms with Gasteiger partial charge in [0.1, 0.15) is 5.82 Å². The Morgan fingerprint density at radius 2 is 1.36 bits per heavy atom. The Morgan fingerprint density at radius 1 is 0.821 bits per heavy atom. The lowest BCUT2D eigenvalue weighted by Gasteiger charge is -2.26. The Kier molecular flexibility index (Phi) is 7.42. The molecule has 3 heterocycles. The van der Waals surface area contributed by atoms with E-state index in [1.165, 1.54) is 11.6 Å². The minimum Gasteiger partial charge on any atom is -0.395 e. The fourth-order valence-electron chi connectivity index (χ4n) is 5.06. The number of nitrogens with two attached hydrogens (primary N) is 2. The summed E-state index contributed by atoms with van der Waals surface area (Å²) in [5.74, 6) is 0.603. The molecular formula is C28H32FN9O. The van der Waals surface area contributed by atoms with Crippen LogP contribution in [0.3, 0.4) is 0 Å². The third-order valence-electron chi connectivity index (χ3n) is 7.27. The average molecular weight is 530 g/mol. The van der Waals surface area contributed by atoms with Crippen molar-refractivity contribution < 1.29 is 9.50 Å². The van der Waals surface area contributed by atoms with Crippen LogP contribution >= 0.6 is 0 Å². The van der Waals surface area contributed by atoms with Gasteiger partial charge in [0.25, 0.3) is 0 Å². The van der Waals surface area contributed by atoms with Crippen molar-refractivity contribution in [1.29, 1.82) is 10.8 Å². The van der Waals surface area contributed by atoms with Crippen molar-refractivity contribution in [3.63, 3.8) is 0 Å². The number of hydrogen-bond acceptors (Lipinski definition) is 5. The molecule has 0 amide bonds. The zero-order valence-corrected chi connectivity index (χ0v) is 21.6. The molecule has 7 N–H and O–H groups in total. The number of aliphatic hydroxyl groups is 1. The van der Waals surface area contributed by atoms with Gasteiger partial charge in [-0.1, -0.05) is 42.5 Å². The maximum atomic E-state index is 15.4. The molecule has 0 atom stereocenters. The number of aromatic nitrogens is 3. The first kappa shape index (κ1) is 26.1. The van der Waals surface area contributed by atoms with Crippen molar-refractivity contribution in [1.82, 2.24) is 24.6 Å². The third-order valence-corrected chi connectivity index (χ3v) is 7.27. The highest BCUT2D eigenvalue weighted by Crippen LogP contribution is 2.31. The number of rotatable bonds is 6. The molecule has 0 saturated heterocycles. The topological polar surface area (TPSA) is 157 Å². The van der Waals surface area contributed by atoms with Crippen LogP contribution in [0.4, 0.5) is 4.39 Å². The second-order valence-corrected chi connectivity index (χ2v) is 9.62. The molecule has 0 aliphatic carbocycles. The van der Waals surface area contributed by atoms with E-state index >= 15 is 4.39 Å². The van der Waals surface area contributed by atoms with Crippen LogP contribution in [0.5, 0.6) is 0 Å². The lowest BCUT2D eigenvalue weighted by molar-refractivity contribution is 0.277. The number of hydrogen-bond donors (Lipinski definition) is 5. The van der Waals surface area contributed by atoms with Gasteiger partial charge < -0.3 is 30.9 Å². The molecule has 2 aliphatic heterocycles. The number of guanidine groups is 2. The largest absolute Gasteiger partial charge is 0.395 e. The number of aliphatic hydroxyl groups excluding tert-OH is 1. The van der Waals surface area contributed by atoms with Gasteiger partial charge in [0, 0.05) is 38.3 Å². The molecule has 0 unspecified atom stereocenters. The van der Waals surface area contributed by atoms with Gasteiger partial charge in [0.05, 0.1) is 12.2 Å². The van der Waals surface area contributed by atoms with E-state index in [0.29, 0.717) is 49.8 Å². The van der Waals surface area contributed by atoms with E-state index in [4.69, 9.17) is 22.3 Å². The molecule has 0 bridgehead atoms. The fraction of sp³-hybridized carbons (Fsp3) is 0.286. The quantitative estimate of drug-likeness (QED) is 0.243. The van der Waals surface area contributed by atoms with Gasteiger partial charge >= 0.3 is 0 Å². The van der Waals surface area contributed by atoms with E-state index in [-0.39, 0.29) is 25.1 Å². The van der Waals surface area contributed by atoms with Crippen molar-refractivity contribution in [3.8, 4) is 22.8 Å². The summed E-state index contributed by atoms with van der Waals surface area (Å²) >= 11 is 0. The van der Waals surface area contributed by atoms with Crippen LogP contribution in [0.25, 0.3) is 33.9 Å². The van der Waals surface area contributed by atoms with E-state index in [1.807, 2.05) is 41.3 Å². The zero-order chi connectivity index (χ0) is 27.5. The summed E-state index contributed by atoms with van der Waals surface area (Å²) in [4.78, 5) is 3.57. The first-order chi connectivity index (χ1) is 18.9. The van der Waals surface area contributed by atoms with Gasteiger partial charge in [-0.2, -0.15) is 0 Å². The Morgan fingerprint density at radius 3 is 1.87 bits per heavy atom. The number of nitrogens with one attached hydrogen (secondary N) is 2. The molecule has 0 saturated carbocycles. The van der Waals surface area contributed by atoms with Crippen LogP contribution in [-0.2, 0) is 6.54 Å². The van der Waals surface area contributed by atoms with Crippen LogP contribution < -0.4 is 11.5 Å². The van der Waals surface area contributed by atoms with Crippen molar-refractivity contribution in [2.75, 3.05) is 32.8 Å². The highest BCUT2D eigenvalue weighted by Gasteiger charge is 2.21. The predicted molar refractivity (Wildman–Crippen MR) is 150 cm³/mol. The van der Waals surface area contributed by atoms with Crippen LogP contribution in [0, 0.1) is 16.6 Å². The summed E-state index contributed by atoms with van der Waals surface area (Å²) in [7, 11) is 0. The lowest BCUT2D eigenvalue weighted by atomic mass is 9.98. The maximum absolute atomic E-state index is 15.4. The Labute approximate surface area is 226 Å². The van der Waals surface area contributed by atoms with E-state index in [9.17, 15) is 5.11 Å². The minimum atomic E-state index is -0.417. The van der Waals surface area contributed by atoms with Gasteiger partial charge in [0.2, 0.25) is 0 Å². The van der Waals surface area contributed by atoms with Crippen molar-refractivity contribution in [2.24, 2.45) is 11.5 Å². The molecule has 202 valence electrons. The molecule has 39 heavy (non-hydrogen) atoms. The van der Waals surface area contributed by atoms with Crippen molar-refractivity contribution >= 4 is 23.1 Å². The maximum Gasteiger partial charge on any atom is 0.188 e. The average Bonchev–Trinajstić information content (AvgIpc) is 3.36. The molecule has 0 radical (unpaired) electrons. The van der Waals surface area contributed by atoms with Crippen LogP contribution in [-0.4, -0.2) is 74.4 Å². The van der Waals surface area contributed by atoms with Gasteiger partial charge in [0.15, 0.2) is 23.6 Å². The third kappa shape index (κ3) is 5.39. The number of halogens is 1. The molecule has 5 rings (SSSR count). The molecule has 11 heteroatoms. The van der Waals surface area contributed by atoms with E-state index in [1.54, 1.807) is 15.5 Å². The van der Waals surface area contributed by atoms with Gasteiger partial charge in [-0.25, -0.2) is 4.39 Å². The molecule has 0 spiro atoms. The normalized spacial score (nSPS) is 15.6. The summed E-state index contributed by atoms with van der Waals surface area (Å²) in [6.07, 6.45) is 5.52. The first-order valence-electron chi connectivity index (χ1n) is 12.9. The first-order valence-corrected chi connectivity index (χ1v) is 12.9. The Bertz CT molecular complexity index is 1460. The number of benzene rings is 2. The number of nitrogens with zero attached hydrogens (tertiary/aromatic N) is 5. The second kappa shape index (κ2) is 11.1. The van der Waals surface area contributed by atoms with Crippen LogP contribution in [0.15, 0.2) is 54.6 Å². The van der Waals surface area contributed by atoms with Gasteiger partial charge in [-0.05, 0) is 47.2 Å². The molecule has 2 aliphatic rings. The Balaban J connectivity index is 1.39. The van der Waals surface area contributed by atoms with Crippen LogP contribution in [0.1, 0.15) is 24.0 Å². The molecule has 0 fully saturated rings. The monoisotopic (exact) mass is 529 g/mol. The molecule has 1 aromatic heterocycles. The van der Waals surface area contributed by atoms with Gasteiger partial charge in [-0.3, -0.25) is 10.8 Å². The lowest BCUT2D eigenvalue weighted by Crippen LogP contribution is -2.39. The van der Waals surface area contributed by atoms with E-state index < -0.39 is 5.82 Å². The zero-order valence-electron chi connectivity index (χ0n) is 21.6. The summed E-state index contributed by atoms with van der Waals surface area (Å²) in [5.41, 5.74) is 16.4. The molecule has 3 aromatic rings. The fourth-order valence-corrected chi connectivity index (χ4v) is 5.06. The minimum absolute atomic E-state index is 0.0348. The molecule has 2 aromatic carbocycles. The summed E-state index contributed by atoms with van der Waals surface area (Å²) in [6, 6.07) is 13.0. The highest BCUT2D eigenvalue weighted by molar-refractivity contribution is 5.78. The van der Waals surface area contributed by atoms with Crippen molar-refractivity contribution in [3.05, 3.63) is 71.6 Å². The van der Waals surface area contributed by atoms with E-state index in [2.05, 4.69) is 16.3 Å². The molecule has 10 nitrogen and oxygen atoms in total. The van der Waals surface area contributed by atoms with Crippen LogP contribution in [0.2, 0.25) is 0 Å². The smallest absolute Gasteiger partial charge is 0.188 e. The van der Waals surface area contributed by atoms with Crippen molar-refractivity contribution in [2.45, 2.75) is 19.4 Å².